The molecule has 2 fully saturated rings. The number of ether oxygens (including phenoxy) is 2. The zero-order chi connectivity index (χ0) is 18.1. The van der Waals surface area contributed by atoms with Crippen molar-refractivity contribution in [3.63, 3.8) is 0 Å². The topological polar surface area (TPSA) is 59.0 Å². The molecule has 1 aliphatic carbocycles. The Kier molecular flexibility index (Phi) is 4.87. The highest BCUT2D eigenvalue weighted by Crippen LogP contribution is 2.39. The van der Waals surface area contributed by atoms with Crippen LogP contribution in [0.1, 0.15) is 23.2 Å². The van der Waals surface area contributed by atoms with Gasteiger partial charge in [0.1, 0.15) is 6.10 Å². The summed E-state index contributed by atoms with van der Waals surface area (Å²) in [6, 6.07) is 9.37. The van der Waals surface area contributed by atoms with Gasteiger partial charge in [0.15, 0.2) is 11.5 Å². The Bertz CT molecular complexity index is 763. The van der Waals surface area contributed by atoms with Gasteiger partial charge in [0.05, 0.1) is 18.8 Å². The van der Waals surface area contributed by atoms with E-state index in [1.165, 1.54) is 11.3 Å². The van der Waals surface area contributed by atoms with Gasteiger partial charge in [0, 0.05) is 18.5 Å². The molecule has 2 aromatic rings. The normalized spacial score (nSPS) is 27.8. The van der Waals surface area contributed by atoms with E-state index in [0.29, 0.717) is 29.8 Å². The maximum atomic E-state index is 12.6. The summed E-state index contributed by atoms with van der Waals surface area (Å²) in [7, 11) is 1.61. The lowest BCUT2D eigenvalue weighted by molar-refractivity contribution is -0.0240. The molecule has 4 atom stereocenters. The monoisotopic (exact) mass is 373 g/mol. The molecule has 1 N–H and O–H groups in total. The molecular weight excluding hydrogens is 350 g/mol. The molecule has 2 heterocycles. The largest absolute Gasteiger partial charge is 0.493 e. The van der Waals surface area contributed by atoms with E-state index in [0.717, 1.165) is 25.1 Å². The van der Waals surface area contributed by atoms with Crippen molar-refractivity contribution in [1.82, 2.24) is 4.90 Å². The zero-order valence-electron chi connectivity index (χ0n) is 14.7. The summed E-state index contributed by atoms with van der Waals surface area (Å²) in [6.07, 6.45) is 0.607. The van der Waals surface area contributed by atoms with Crippen molar-refractivity contribution >= 4 is 17.2 Å². The predicted molar refractivity (Wildman–Crippen MR) is 99.9 cm³/mol. The molecule has 1 amide bonds. The Labute approximate surface area is 157 Å². The Morgan fingerprint density at radius 3 is 2.58 bits per heavy atom. The van der Waals surface area contributed by atoms with Crippen LogP contribution in [0.3, 0.4) is 0 Å². The molecular formula is C20H23NO4S. The maximum Gasteiger partial charge on any atom is 0.254 e. The lowest BCUT2D eigenvalue weighted by atomic mass is 9.78. The molecule has 138 valence electrons. The van der Waals surface area contributed by atoms with E-state index in [2.05, 4.69) is 0 Å². The number of hydrogen-bond acceptors (Lipinski definition) is 5. The second-order valence-corrected chi connectivity index (χ2v) is 7.87. The second kappa shape index (κ2) is 7.29. The minimum Gasteiger partial charge on any atom is -0.493 e. The van der Waals surface area contributed by atoms with E-state index in [4.69, 9.17) is 9.47 Å². The fourth-order valence-corrected chi connectivity index (χ4v) is 4.76. The number of carbonyl (C=O) groups is 1. The van der Waals surface area contributed by atoms with E-state index < -0.39 is 6.10 Å². The van der Waals surface area contributed by atoms with Crippen molar-refractivity contribution in [3.05, 3.63) is 46.7 Å². The highest BCUT2D eigenvalue weighted by Gasteiger charge is 2.44. The number of para-hydroxylation sites is 2. The van der Waals surface area contributed by atoms with Gasteiger partial charge >= 0.3 is 0 Å². The van der Waals surface area contributed by atoms with Crippen molar-refractivity contribution in [2.45, 2.75) is 25.0 Å². The molecule has 0 radical (unpaired) electrons. The van der Waals surface area contributed by atoms with Crippen LogP contribution in [0.5, 0.6) is 11.5 Å². The molecule has 6 heteroatoms. The number of thiophene rings is 1. The maximum absolute atomic E-state index is 12.6. The van der Waals surface area contributed by atoms with Gasteiger partial charge in [-0.2, -0.15) is 11.3 Å². The number of aliphatic hydroxyl groups excluding tert-OH is 1. The Hall–Kier alpha value is -2.05. The van der Waals surface area contributed by atoms with Crippen LogP contribution in [-0.4, -0.2) is 48.3 Å². The average Bonchev–Trinajstić information content (AvgIpc) is 3.31. The number of nitrogens with zero attached hydrogens (tertiary/aromatic N) is 1. The van der Waals surface area contributed by atoms with Crippen LogP contribution in [0.4, 0.5) is 0 Å². The quantitative estimate of drug-likeness (QED) is 0.895. The number of fused-ring (bicyclic) bond motifs is 1. The number of hydrogen-bond donors (Lipinski definition) is 1. The molecule has 0 spiro atoms. The molecule has 0 bridgehead atoms. The number of methoxy groups -OCH3 is 1. The van der Waals surface area contributed by atoms with Crippen LogP contribution in [0.25, 0.3) is 0 Å². The molecule has 1 aromatic carbocycles. The molecule has 1 saturated heterocycles. The summed E-state index contributed by atoms with van der Waals surface area (Å²) < 4.78 is 11.4. The van der Waals surface area contributed by atoms with Crippen molar-refractivity contribution < 1.29 is 19.4 Å². The first-order valence-corrected chi connectivity index (χ1v) is 9.89. The molecule has 2 aliphatic rings. The van der Waals surface area contributed by atoms with E-state index in [1.807, 2.05) is 46.0 Å². The van der Waals surface area contributed by atoms with Gasteiger partial charge < -0.3 is 19.5 Å². The Balaban J connectivity index is 1.44. The van der Waals surface area contributed by atoms with E-state index in [-0.39, 0.29) is 12.0 Å². The summed E-state index contributed by atoms with van der Waals surface area (Å²) in [5.41, 5.74) is 0.760. The van der Waals surface area contributed by atoms with Crippen LogP contribution in [0, 0.1) is 11.8 Å². The van der Waals surface area contributed by atoms with E-state index in [9.17, 15) is 9.90 Å². The number of likely N-dealkylation sites (tertiary alicyclic amines) is 1. The molecule has 1 saturated carbocycles. The van der Waals surface area contributed by atoms with Gasteiger partial charge in [-0.05, 0) is 48.3 Å². The summed E-state index contributed by atoms with van der Waals surface area (Å²) in [5.74, 6) is 2.12. The van der Waals surface area contributed by atoms with Gasteiger partial charge in [-0.1, -0.05) is 12.1 Å². The predicted octanol–water partition coefficient (Wildman–Crippen LogP) is 3.05. The SMILES string of the molecule is COc1ccccc1O[C@@H]1C[C@@H]2CN(C(=O)c3ccsc3)C[C@@H]2C[C@H]1O. The smallest absolute Gasteiger partial charge is 0.254 e. The Morgan fingerprint density at radius 1 is 1.15 bits per heavy atom. The lowest BCUT2D eigenvalue weighted by Gasteiger charge is -2.35. The first-order chi connectivity index (χ1) is 12.7. The number of rotatable bonds is 4. The van der Waals surface area contributed by atoms with E-state index >= 15 is 0 Å². The van der Waals surface area contributed by atoms with Gasteiger partial charge in [-0.3, -0.25) is 4.79 Å². The number of amides is 1. The van der Waals surface area contributed by atoms with Gasteiger partial charge in [0.2, 0.25) is 0 Å². The standard InChI is InChI=1S/C20H23NO4S/c1-24-17-4-2-3-5-18(17)25-19-9-15-11-21(10-14(15)8-16(19)22)20(23)13-6-7-26-12-13/h2-7,12,14-16,19,22H,8-11H2,1H3/t14-,15+,16+,19+/m0/s1. The Morgan fingerprint density at radius 2 is 1.88 bits per heavy atom. The second-order valence-electron chi connectivity index (χ2n) is 7.09. The lowest BCUT2D eigenvalue weighted by Crippen LogP contribution is -2.42. The minimum atomic E-state index is -0.530. The highest BCUT2D eigenvalue weighted by atomic mass is 32.1. The van der Waals surface area contributed by atoms with Crippen LogP contribution < -0.4 is 9.47 Å². The third kappa shape index (κ3) is 3.31. The summed E-state index contributed by atoms with van der Waals surface area (Å²) in [5, 5.41) is 14.4. The van der Waals surface area contributed by atoms with Gasteiger partial charge in [-0.15, -0.1) is 0 Å². The highest BCUT2D eigenvalue weighted by molar-refractivity contribution is 7.08. The molecule has 1 aromatic heterocycles. The van der Waals surface area contributed by atoms with Crippen LogP contribution in [-0.2, 0) is 0 Å². The third-order valence-corrected chi connectivity index (χ3v) is 6.17. The first kappa shape index (κ1) is 17.4. The number of benzene rings is 1. The van der Waals surface area contributed by atoms with Gasteiger partial charge in [-0.25, -0.2) is 0 Å². The number of carbonyl (C=O) groups excluding carboxylic acids is 1. The van der Waals surface area contributed by atoms with Crippen molar-refractivity contribution in [2.75, 3.05) is 20.2 Å². The summed E-state index contributed by atoms with van der Waals surface area (Å²) in [4.78, 5) is 14.5. The van der Waals surface area contributed by atoms with Crippen molar-refractivity contribution in [1.29, 1.82) is 0 Å². The van der Waals surface area contributed by atoms with Crippen LogP contribution >= 0.6 is 11.3 Å². The average molecular weight is 373 g/mol. The molecule has 4 rings (SSSR count). The first-order valence-electron chi connectivity index (χ1n) is 8.95. The van der Waals surface area contributed by atoms with Gasteiger partial charge in [0.25, 0.3) is 5.91 Å². The zero-order valence-corrected chi connectivity index (χ0v) is 15.5. The fraction of sp³-hybridized carbons (Fsp3) is 0.450. The van der Waals surface area contributed by atoms with Crippen molar-refractivity contribution in [2.24, 2.45) is 11.8 Å². The van der Waals surface area contributed by atoms with Crippen LogP contribution in [0.2, 0.25) is 0 Å². The minimum absolute atomic E-state index is 0.0948. The van der Waals surface area contributed by atoms with E-state index in [1.54, 1.807) is 7.11 Å². The molecule has 0 unspecified atom stereocenters. The molecule has 26 heavy (non-hydrogen) atoms. The molecule has 1 aliphatic heterocycles. The molecule has 5 nitrogen and oxygen atoms in total. The summed E-state index contributed by atoms with van der Waals surface area (Å²) >= 11 is 1.54. The number of aliphatic hydroxyl groups is 1. The third-order valence-electron chi connectivity index (χ3n) is 5.49. The van der Waals surface area contributed by atoms with Crippen LogP contribution in [0.15, 0.2) is 41.1 Å². The summed E-state index contributed by atoms with van der Waals surface area (Å²) in [6.45, 7) is 1.45. The van der Waals surface area contributed by atoms with Crippen molar-refractivity contribution in [3.8, 4) is 11.5 Å². The fourth-order valence-electron chi connectivity index (χ4n) is 4.13.